The second-order valence-electron chi connectivity index (χ2n) is 3.63. The first-order valence-corrected chi connectivity index (χ1v) is 6.43. The predicted molar refractivity (Wildman–Crippen MR) is 60.2 cm³/mol. The first-order valence-electron chi connectivity index (χ1n) is 4.94. The normalized spacial score (nSPS) is 13.3. The number of carboxylic acid groups (broad SMARTS) is 1. The molecule has 18 heavy (non-hydrogen) atoms. The van der Waals surface area contributed by atoms with Crippen LogP contribution in [-0.2, 0) is 10.0 Å². The van der Waals surface area contributed by atoms with E-state index in [1.165, 1.54) is 6.92 Å². The molecule has 0 amide bonds. The minimum absolute atomic E-state index is 0.459. The SMILES string of the molecule is CC(CO)NS(=O)(=O)c1cccc(C(=O)O)c1F. The summed E-state index contributed by atoms with van der Waals surface area (Å²) < 4.78 is 39.2. The molecular formula is C10H12FNO5S. The van der Waals surface area contributed by atoms with Crippen LogP contribution in [0.15, 0.2) is 23.1 Å². The van der Waals surface area contributed by atoms with Crippen molar-refractivity contribution < 1.29 is 27.8 Å². The topological polar surface area (TPSA) is 104 Å². The van der Waals surface area contributed by atoms with Gasteiger partial charge in [0.1, 0.15) is 4.90 Å². The van der Waals surface area contributed by atoms with Gasteiger partial charge in [-0.25, -0.2) is 22.3 Å². The second-order valence-corrected chi connectivity index (χ2v) is 5.31. The third kappa shape index (κ3) is 3.03. The smallest absolute Gasteiger partial charge is 0.338 e. The Kier molecular flexibility index (Phi) is 4.38. The average Bonchev–Trinajstić information content (AvgIpc) is 2.27. The second kappa shape index (κ2) is 5.42. The van der Waals surface area contributed by atoms with Crippen LogP contribution >= 0.6 is 0 Å². The van der Waals surface area contributed by atoms with E-state index in [9.17, 15) is 17.6 Å². The molecule has 0 spiro atoms. The Morgan fingerprint density at radius 3 is 2.61 bits per heavy atom. The lowest BCUT2D eigenvalue weighted by molar-refractivity contribution is 0.0691. The van der Waals surface area contributed by atoms with Crippen LogP contribution in [-0.4, -0.2) is 37.2 Å². The van der Waals surface area contributed by atoms with Crippen molar-refractivity contribution in [3.05, 3.63) is 29.6 Å². The molecule has 0 radical (unpaired) electrons. The molecule has 0 aliphatic heterocycles. The fourth-order valence-corrected chi connectivity index (χ4v) is 2.58. The van der Waals surface area contributed by atoms with Gasteiger partial charge in [0, 0.05) is 6.04 Å². The predicted octanol–water partition coefficient (Wildman–Crippen LogP) is 0.183. The molecular weight excluding hydrogens is 265 g/mol. The number of aromatic carboxylic acids is 1. The van der Waals surface area contributed by atoms with Crippen molar-refractivity contribution in [2.45, 2.75) is 17.9 Å². The molecule has 0 heterocycles. The summed E-state index contributed by atoms with van der Waals surface area (Å²) in [5.74, 6) is -2.89. The summed E-state index contributed by atoms with van der Waals surface area (Å²) in [5, 5.41) is 17.4. The highest BCUT2D eigenvalue weighted by molar-refractivity contribution is 7.89. The number of hydrogen-bond acceptors (Lipinski definition) is 4. The first kappa shape index (κ1) is 14.6. The van der Waals surface area contributed by atoms with Crippen molar-refractivity contribution in [2.24, 2.45) is 0 Å². The van der Waals surface area contributed by atoms with Crippen molar-refractivity contribution in [1.29, 1.82) is 0 Å². The molecule has 1 aromatic rings. The Morgan fingerprint density at radius 2 is 2.11 bits per heavy atom. The summed E-state index contributed by atoms with van der Waals surface area (Å²) in [7, 11) is -4.21. The zero-order valence-corrected chi connectivity index (χ0v) is 10.2. The van der Waals surface area contributed by atoms with Gasteiger partial charge in [0.15, 0.2) is 5.82 Å². The van der Waals surface area contributed by atoms with Gasteiger partial charge in [0.05, 0.1) is 12.2 Å². The van der Waals surface area contributed by atoms with Crippen molar-refractivity contribution in [3.63, 3.8) is 0 Å². The van der Waals surface area contributed by atoms with E-state index >= 15 is 0 Å². The van der Waals surface area contributed by atoms with Crippen LogP contribution in [0.2, 0.25) is 0 Å². The Hall–Kier alpha value is -1.51. The van der Waals surface area contributed by atoms with Gasteiger partial charge in [-0.15, -0.1) is 0 Å². The quantitative estimate of drug-likeness (QED) is 0.712. The van der Waals surface area contributed by atoms with Crippen LogP contribution in [0, 0.1) is 5.82 Å². The largest absolute Gasteiger partial charge is 0.478 e. The molecule has 0 aliphatic rings. The van der Waals surface area contributed by atoms with Crippen molar-refractivity contribution in [2.75, 3.05) is 6.61 Å². The van der Waals surface area contributed by atoms with Crippen molar-refractivity contribution in [1.82, 2.24) is 4.72 Å². The number of carbonyl (C=O) groups is 1. The molecule has 1 atom stereocenters. The molecule has 1 rings (SSSR count). The highest BCUT2D eigenvalue weighted by atomic mass is 32.2. The number of carboxylic acids is 1. The van der Waals surface area contributed by atoms with E-state index in [1.54, 1.807) is 0 Å². The summed E-state index contributed by atoms with van der Waals surface area (Å²) in [5.41, 5.74) is -0.727. The Labute approximate surface area is 103 Å². The van der Waals surface area contributed by atoms with Crippen LogP contribution < -0.4 is 4.72 Å². The summed E-state index contributed by atoms with van der Waals surface area (Å²) >= 11 is 0. The Morgan fingerprint density at radius 1 is 1.50 bits per heavy atom. The molecule has 3 N–H and O–H groups in total. The maximum Gasteiger partial charge on any atom is 0.338 e. The number of aliphatic hydroxyl groups excluding tert-OH is 1. The molecule has 8 heteroatoms. The summed E-state index contributed by atoms with van der Waals surface area (Å²) in [6.07, 6.45) is 0. The first-order chi connectivity index (χ1) is 8.29. The Balaban J connectivity index is 3.26. The monoisotopic (exact) mass is 277 g/mol. The van der Waals surface area contributed by atoms with Crippen LogP contribution in [0.1, 0.15) is 17.3 Å². The zero-order chi connectivity index (χ0) is 13.9. The van der Waals surface area contributed by atoms with Gasteiger partial charge in [0.25, 0.3) is 0 Å². The third-order valence-corrected chi connectivity index (χ3v) is 3.72. The maximum absolute atomic E-state index is 13.7. The molecule has 6 nitrogen and oxygen atoms in total. The Bertz CT molecular complexity index is 557. The number of nitrogens with one attached hydrogen (secondary N) is 1. The summed E-state index contributed by atoms with van der Waals surface area (Å²) in [6, 6.07) is 2.24. The molecule has 0 fully saturated rings. The maximum atomic E-state index is 13.7. The summed E-state index contributed by atoms with van der Waals surface area (Å²) in [6.45, 7) is 0.927. The molecule has 0 saturated heterocycles. The summed E-state index contributed by atoms with van der Waals surface area (Å²) in [4.78, 5) is 9.92. The molecule has 0 aliphatic carbocycles. The molecule has 0 bridgehead atoms. The van der Waals surface area contributed by atoms with Crippen LogP contribution in [0.4, 0.5) is 4.39 Å². The highest BCUT2D eigenvalue weighted by Gasteiger charge is 2.24. The minimum Gasteiger partial charge on any atom is -0.478 e. The van der Waals surface area contributed by atoms with Gasteiger partial charge >= 0.3 is 5.97 Å². The molecule has 1 unspecified atom stereocenters. The lowest BCUT2D eigenvalue weighted by atomic mass is 10.2. The average molecular weight is 277 g/mol. The minimum atomic E-state index is -4.21. The van der Waals surface area contributed by atoms with Crippen molar-refractivity contribution in [3.8, 4) is 0 Å². The number of halogens is 1. The van der Waals surface area contributed by atoms with E-state index in [-0.39, 0.29) is 0 Å². The van der Waals surface area contributed by atoms with Gasteiger partial charge < -0.3 is 10.2 Å². The van der Waals surface area contributed by atoms with Gasteiger partial charge in [0.2, 0.25) is 10.0 Å². The standard InChI is InChI=1S/C10H12FNO5S/c1-6(5-13)12-18(16,17)8-4-2-3-7(9(8)11)10(14)15/h2-4,6,12-13H,5H2,1H3,(H,14,15). The van der Waals surface area contributed by atoms with E-state index in [4.69, 9.17) is 10.2 Å². The van der Waals surface area contributed by atoms with E-state index < -0.39 is 44.9 Å². The number of hydrogen-bond donors (Lipinski definition) is 3. The molecule has 0 aromatic heterocycles. The molecule has 1 aromatic carbocycles. The number of sulfonamides is 1. The van der Waals surface area contributed by atoms with Gasteiger partial charge in [-0.2, -0.15) is 0 Å². The lowest BCUT2D eigenvalue weighted by Gasteiger charge is -2.12. The van der Waals surface area contributed by atoms with Gasteiger partial charge in [-0.05, 0) is 19.1 Å². The van der Waals surface area contributed by atoms with Crippen LogP contribution in [0.25, 0.3) is 0 Å². The van der Waals surface area contributed by atoms with Crippen molar-refractivity contribution >= 4 is 16.0 Å². The van der Waals surface area contributed by atoms with E-state index in [2.05, 4.69) is 0 Å². The molecule has 100 valence electrons. The van der Waals surface area contributed by atoms with E-state index in [0.29, 0.717) is 0 Å². The zero-order valence-electron chi connectivity index (χ0n) is 9.42. The fourth-order valence-electron chi connectivity index (χ4n) is 1.25. The highest BCUT2D eigenvalue weighted by Crippen LogP contribution is 2.18. The van der Waals surface area contributed by atoms with E-state index in [0.717, 1.165) is 18.2 Å². The third-order valence-electron chi connectivity index (χ3n) is 2.11. The van der Waals surface area contributed by atoms with Gasteiger partial charge in [-0.3, -0.25) is 0 Å². The number of benzene rings is 1. The molecule has 0 saturated carbocycles. The van der Waals surface area contributed by atoms with Crippen LogP contribution in [0.5, 0.6) is 0 Å². The van der Waals surface area contributed by atoms with Crippen LogP contribution in [0.3, 0.4) is 0 Å². The number of aliphatic hydroxyl groups is 1. The van der Waals surface area contributed by atoms with E-state index in [1.807, 2.05) is 4.72 Å². The lowest BCUT2D eigenvalue weighted by Crippen LogP contribution is -2.35. The number of rotatable bonds is 5. The van der Waals surface area contributed by atoms with Gasteiger partial charge in [-0.1, -0.05) is 6.07 Å². The fraction of sp³-hybridized carbons (Fsp3) is 0.300.